The van der Waals surface area contributed by atoms with Crippen molar-refractivity contribution in [3.8, 4) is 0 Å². The zero-order valence-electron chi connectivity index (χ0n) is 9.94. The second kappa shape index (κ2) is 4.14. The number of nitrogens with zero attached hydrogens (tertiary/aromatic N) is 1. The largest absolute Gasteiger partial charge is 0.744 e. The average molecular weight is 242 g/mol. The van der Waals surface area contributed by atoms with Crippen LogP contribution in [0.25, 0.3) is 0 Å². The Hall–Kier alpha value is -0.940. The Kier molecular flexibility index (Phi) is 3.40. The fourth-order valence-electron chi connectivity index (χ4n) is 1.42. The molecule has 0 atom stereocenters. The Balaban J connectivity index is 3.52. The summed E-state index contributed by atoms with van der Waals surface area (Å²) in [4.78, 5) is 4.04. The monoisotopic (exact) mass is 242 g/mol. The molecular weight excluding hydrogens is 226 g/mol. The maximum Gasteiger partial charge on any atom is 0.126 e. The van der Waals surface area contributed by atoms with Crippen LogP contribution in [0.2, 0.25) is 0 Å². The number of hydrogen-bond donors (Lipinski definition) is 0. The minimum Gasteiger partial charge on any atom is -0.744 e. The van der Waals surface area contributed by atoms with Crippen molar-refractivity contribution in [1.82, 2.24) is 4.98 Å². The molecule has 5 heteroatoms. The Labute approximate surface area is 96.5 Å². The summed E-state index contributed by atoms with van der Waals surface area (Å²) in [5.74, 6) is 0. The molecule has 0 aliphatic heterocycles. The first-order chi connectivity index (χ1) is 7.16. The van der Waals surface area contributed by atoms with Gasteiger partial charge in [-0.25, -0.2) is 8.42 Å². The van der Waals surface area contributed by atoms with Crippen LogP contribution in [-0.4, -0.2) is 18.0 Å². The molecule has 0 amide bonds. The molecule has 0 fully saturated rings. The van der Waals surface area contributed by atoms with Crippen molar-refractivity contribution in [3.05, 3.63) is 23.5 Å². The van der Waals surface area contributed by atoms with E-state index < -0.39 is 15.5 Å². The van der Waals surface area contributed by atoms with Crippen LogP contribution >= 0.6 is 0 Å². The number of rotatable bonds is 2. The third-order valence-electron chi connectivity index (χ3n) is 2.26. The lowest BCUT2D eigenvalue weighted by molar-refractivity contribution is 0.454. The summed E-state index contributed by atoms with van der Waals surface area (Å²) in [7, 11) is -4.45. The first kappa shape index (κ1) is 13.1. The molecule has 4 nitrogen and oxygen atoms in total. The molecule has 1 aromatic rings. The van der Waals surface area contributed by atoms with E-state index in [0.29, 0.717) is 12.1 Å². The molecule has 0 aliphatic rings. The highest BCUT2D eigenvalue weighted by atomic mass is 32.2. The van der Waals surface area contributed by atoms with Crippen molar-refractivity contribution in [2.24, 2.45) is 0 Å². The van der Waals surface area contributed by atoms with Gasteiger partial charge in [-0.15, -0.1) is 0 Å². The van der Waals surface area contributed by atoms with Gasteiger partial charge in [0.05, 0.1) is 10.6 Å². The zero-order chi connectivity index (χ0) is 12.6. The van der Waals surface area contributed by atoms with E-state index in [1.807, 2.05) is 27.7 Å². The molecule has 0 unspecified atom stereocenters. The molecule has 0 aromatic carbocycles. The summed E-state index contributed by atoms with van der Waals surface area (Å²) in [6, 6.07) is 2.94. The average Bonchev–Trinajstić information content (AvgIpc) is 2.14. The van der Waals surface area contributed by atoms with Crippen molar-refractivity contribution in [3.63, 3.8) is 0 Å². The van der Waals surface area contributed by atoms with Crippen LogP contribution in [0.15, 0.2) is 17.0 Å². The number of aromatic nitrogens is 1. The molecule has 16 heavy (non-hydrogen) atoms. The van der Waals surface area contributed by atoms with Crippen molar-refractivity contribution >= 4 is 10.1 Å². The Morgan fingerprint density at radius 2 is 1.88 bits per heavy atom. The zero-order valence-corrected chi connectivity index (χ0v) is 10.8. The summed E-state index contributed by atoms with van der Waals surface area (Å²) in [6.45, 7) is 7.44. The first-order valence-electron chi connectivity index (χ1n) is 5.12. The highest BCUT2D eigenvalue weighted by Gasteiger charge is 2.23. The van der Waals surface area contributed by atoms with Gasteiger partial charge in [-0.1, -0.05) is 27.7 Å². The van der Waals surface area contributed by atoms with E-state index in [1.165, 1.54) is 6.07 Å². The third kappa shape index (κ3) is 2.80. The van der Waals surface area contributed by atoms with Gasteiger partial charge in [-0.2, -0.15) is 0 Å². The summed E-state index contributed by atoms with van der Waals surface area (Å²) >= 11 is 0. The maximum atomic E-state index is 11.1. The second-order valence-corrected chi connectivity index (χ2v) is 6.06. The smallest absolute Gasteiger partial charge is 0.126 e. The normalized spacial score (nSPS) is 12.8. The van der Waals surface area contributed by atoms with Crippen molar-refractivity contribution in [1.29, 1.82) is 0 Å². The van der Waals surface area contributed by atoms with Gasteiger partial charge in [-0.05, 0) is 18.6 Å². The standard InChI is InChI=1S/C11H17NO3S/c1-5-8-6-7-9(16(13,14)15)10(12-8)11(2,3)4/h6-7H,5H2,1-4H3,(H,13,14,15)/p-1. The molecule has 0 N–H and O–H groups in total. The quantitative estimate of drug-likeness (QED) is 0.742. The lowest BCUT2D eigenvalue weighted by Crippen LogP contribution is -2.19. The number of pyridine rings is 1. The van der Waals surface area contributed by atoms with Gasteiger partial charge in [0.25, 0.3) is 0 Å². The van der Waals surface area contributed by atoms with Gasteiger partial charge in [0.2, 0.25) is 0 Å². The van der Waals surface area contributed by atoms with Crippen LogP contribution in [0, 0.1) is 0 Å². The summed E-state index contributed by atoms with van der Waals surface area (Å²) in [5.41, 5.74) is 0.678. The summed E-state index contributed by atoms with van der Waals surface area (Å²) in [5, 5.41) is 0. The number of aryl methyl sites for hydroxylation is 1. The van der Waals surface area contributed by atoms with Crippen molar-refractivity contribution < 1.29 is 13.0 Å². The van der Waals surface area contributed by atoms with Gasteiger partial charge < -0.3 is 4.55 Å². The Morgan fingerprint density at radius 3 is 2.25 bits per heavy atom. The van der Waals surface area contributed by atoms with Crippen LogP contribution in [0.1, 0.15) is 39.1 Å². The number of hydrogen-bond acceptors (Lipinski definition) is 4. The van der Waals surface area contributed by atoms with E-state index in [2.05, 4.69) is 4.98 Å². The Morgan fingerprint density at radius 1 is 1.31 bits per heavy atom. The van der Waals surface area contributed by atoms with Gasteiger partial charge in [0, 0.05) is 11.1 Å². The van der Waals surface area contributed by atoms with E-state index in [0.717, 1.165) is 5.69 Å². The first-order valence-corrected chi connectivity index (χ1v) is 6.53. The Bertz CT molecular complexity index is 486. The predicted octanol–water partition coefficient (Wildman–Crippen LogP) is 1.85. The van der Waals surface area contributed by atoms with E-state index >= 15 is 0 Å². The van der Waals surface area contributed by atoms with Crippen molar-refractivity contribution in [2.75, 3.05) is 0 Å². The van der Waals surface area contributed by atoms with E-state index in [-0.39, 0.29) is 4.90 Å². The summed E-state index contributed by atoms with van der Waals surface area (Å²) in [6.07, 6.45) is 0.711. The highest BCUT2D eigenvalue weighted by molar-refractivity contribution is 7.85. The molecule has 0 saturated heterocycles. The fraction of sp³-hybridized carbons (Fsp3) is 0.545. The van der Waals surface area contributed by atoms with E-state index in [4.69, 9.17) is 0 Å². The van der Waals surface area contributed by atoms with Gasteiger partial charge in [0.1, 0.15) is 10.1 Å². The van der Waals surface area contributed by atoms with Crippen LogP contribution in [0.5, 0.6) is 0 Å². The van der Waals surface area contributed by atoms with Gasteiger partial charge >= 0.3 is 0 Å². The SMILES string of the molecule is CCc1ccc(S(=O)(=O)[O-])c(C(C)(C)C)n1. The molecule has 0 bridgehead atoms. The molecule has 0 aliphatic carbocycles. The molecule has 0 radical (unpaired) electrons. The van der Waals surface area contributed by atoms with E-state index in [1.54, 1.807) is 6.07 Å². The lowest BCUT2D eigenvalue weighted by atomic mass is 9.91. The van der Waals surface area contributed by atoms with Crippen LogP contribution < -0.4 is 0 Å². The molecule has 1 aromatic heterocycles. The lowest BCUT2D eigenvalue weighted by Gasteiger charge is -2.23. The van der Waals surface area contributed by atoms with Gasteiger partial charge in [-0.3, -0.25) is 4.98 Å². The second-order valence-electron chi connectivity index (χ2n) is 4.71. The third-order valence-corrected chi connectivity index (χ3v) is 3.13. The summed E-state index contributed by atoms with van der Waals surface area (Å²) < 4.78 is 33.3. The van der Waals surface area contributed by atoms with Gasteiger partial charge in [0.15, 0.2) is 0 Å². The van der Waals surface area contributed by atoms with Crippen LogP contribution in [0.4, 0.5) is 0 Å². The molecule has 1 heterocycles. The minimum absolute atomic E-state index is 0.211. The fourth-order valence-corrected chi connectivity index (χ4v) is 2.25. The molecule has 1 rings (SSSR count). The maximum absolute atomic E-state index is 11.1. The highest BCUT2D eigenvalue weighted by Crippen LogP contribution is 2.27. The molecule has 0 saturated carbocycles. The van der Waals surface area contributed by atoms with Crippen molar-refractivity contribution in [2.45, 2.75) is 44.4 Å². The predicted molar refractivity (Wildman–Crippen MR) is 60.3 cm³/mol. The van der Waals surface area contributed by atoms with E-state index in [9.17, 15) is 13.0 Å². The molecule has 90 valence electrons. The van der Waals surface area contributed by atoms with Crippen LogP contribution in [-0.2, 0) is 22.0 Å². The molecule has 0 spiro atoms. The molecular formula is C11H16NO3S-. The van der Waals surface area contributed by atoms with Crippen LogP contribution in [0.3, 0.4) is 0 Å². The minimum atomic E-state index is -4.45. The topological polar surface area (TPSA) is 70.1 Å².